The average molecular weight is 543 g/mol. The molecule has 0 aromatic heterocycles. The lowest BCUT2D eigenvalue weighted by Crippen LogP contribution is -2.52. The van der Waals surface area contributed by atoms with Gasteiger partial charge in [-0.25, -0.2) is 0 Å². The Morgan fingerprint density at radius 3 is 1.77 bits per heavy atom. The fourth-order valence-corrected chi connectivity index (χ4v) is 6.25. The molecule has 1 aliphatic heterocycles. The first kappa shape index (κ1) is 29.1. The van der Waals surface area contributed by atoms with Crippen molar-refractivity contribution in [3.05, 3.63) is 126 Å². The highest BCUT2D eigenvalue weighted by atomic mass is 28.4. The molecule has 4 rings (SSSR count). The Hall–Kier alpha value is -2.92. The second-order valence-corrected chi connectivity index (χ2v) is 16.4. The largest absolute Gasteiger partial charge is 0.464 e. The molecule has 3 atom stereocenters. The van der Waals surface area contributed by atoms with Crippen LogP contribution in [0.3, 0.4) is 0 Å². The molecule has 0 aliphatic carbocycles. The fraction of sp³-hybridized carbons (Fsp3) is 0.382. The van der Waals surface area contributed by atoms with Crippen LogP contribution >= 0.6 is 0 Å². The van der Waals surface area contributed by atoms with E-state index in [9.17, 15) is 0 Å². The molecule has 1 aliphatic rings. The van der Waals surface area contributed by atoms with Gasteiger partial charge in [0.25, 0.3) is 0 Å². The zero-order valence-corrected chi connectivity index (χ0v) is 24.9. The van der Waals surface area contributed by atoms with Crippen molar-refractivity contribution in [3.63, 3.8) is 0 Å². The normalized spacial score (nSPS) is 20.2. The predicted molar refractivity (Wildman–Crippen MR) is 160 cm³/mol. The summed E-state index contributed by atoms with van der Waals surface area (Å²) in [5, 5.41) is 0.0825. The van der Waals surface area contributed by atoms with Crippen molar-refractivity contribution in [2.75, 3.05) is 6.61 Å². The van der Waals surface area contributed by atoms with E-state index < -0.39 is 20.2 Å². The Balaban J connectivity index is 1.74. The lowest BCUT2D eigenvalue weighted by Gasteiger charge is -2.45. The molecule has 0 N–H and O–H groups in total. The van der Waals surface area contributed by atoms with E-state index in [0.29, 0.717) is 6.61 Å². The van der Waals surface area contributed by atoms with Gasteiger partial charge in [0.2, 0.25) is 0 Å². The van der Waals surface area contributed by atoms with Crippen molar-refractivity contribution in [1.29, 1.82) is 0 Å². The first-order chi connectivity index (χ1) is 18.7. The maximum absolute atomic E-state index is 7.13. The zero-order chi connectivity index (χ0) is 27.9. The van der Waals surface area contributed by atoms with Crippen LogP contribution in [0.5, 0.6) is 0 Å². The van der Waals surface area contributed by atoms with Gasteiger partial charge in [0, 0.05) is 6.42 Å². The zero-order valence-electron chi connectivity index (χ0n) is 23.9. The van der Waals surface area contributed by atoms with E-state index in [1.54, 1.807) is 0 Å². The second-order valence-electron chi connectivity index (χ2n) is 11.6. The van der Waals surface area contributed by atoms with E-state index in [1.165, 1.54) is 6.26 Å². The minimum absolute atomic E-state index is 0.0825. The van der Waals surface area contributed by atoms with Crippen LogP contribution in [0.4, 0.5) is 0 Å². The van der Waals surface area contributed by atoms with Crippen LogP contribution in [0.2, 0.25) is 18.1 Å². The topological polar surface area (TPSA) is 36.9 Å². The van der Waals surface area contributed by atoms with Gasteiger partial charge in [-0.1, -0.05) is 124 Å². The summed E-state index contributed by atoms with van der Waals surface area (Å²) < 4.78 is 26.3. The second kappa shape index (κ2) is 12.5. The number of rotatable bonds is 10. The van der Waals surface area contributed by atoms with E-state index in [0.717, 1.165) is 29.5 Å². The monoisotopic (exact) mass is 542 g/mol. The molecule has 206 valence electrons. The molecule has 39 heavy (non-hydrogen) atoms. The number of hydrogen-bond donors (Lipinski definition) is 0. The molecule has 0 unspecified atom stereocenters. The summed E-state index contributed by atoms with van der Waals surface area (Å²) in [6.45, 7) is 15.3. The number of benzene rings is 3. The number of hydrogen-bond acceptors (Lipinski definition) is 4. The molecular weight excluding hydrogens is 500 g/mol. The number of ether oxygens (including phenoxy) is 3. The Labute approximate surface area is 235 Å². The standard InChI is InChI=1S/C34H42O4Si/c1-7-25-35-32-24-23-30(38-39(5,6)33(2,3)4)31(37-32)26-36-34(27-17-11-8-12-18-27,28-19-13-9-14-20-28)29-21-15-10-16-22-29/h8-22,25,30-32H,1,23-24,26H2,2-6H3/t30-,31+,32-/m0/s1. The lowest BCUT2D eigenvalue weighted by molar-refractivity contribution is -0.218. The average Bonchev–Trinajstić information content (AvgIpc) is 2.94. The minimum atomic E-state index is -2.05. The van der Waals surface area contributed by atoms with Gasteiger partial charge in [-0.05, 0) is 41.2 Å². The molecule has 1 saturated heterocycles. The van der Waals surface area contributed by atoms with Crippen LogP contribution in [0.25, 0.3) is 0 Å². The minimum Gasteiger partial charge on any atom is -0.464 e. The van der Waals surface area contributed by atoms with Gasteiger partial charge in [0.15, 0.2) is 14.6 Å². The summed E-state index contributed by atoms with van der Waals surface area (Å²) in [6.07, 6.45) is 2.22. The highest BCUT2D eigenvalue weighted by Gasteiger charge is 2.45. The Morgan fingerprint density at radius 2 is 1.33 bits per heavy atom. The first-order valence-corrected chi connectivity index (χ1v) is 16.7. The van der Waals surface area contributed by atoms with Crippen LogP contribution in [0.15, 0.2) is 110 Å². The highest BCUT2D eigenvalue weighted by Crippen LogP contribution is 2.42. The van der Waals surface area contributed by atoms with Crippen molar-refractivity contribution in [2.45, 2.75) is 75.8 Å². The Kier molecular flexibility index (Phi) is 9.32. The van der Waals surface area contributed by atoms with Gasteiger partial charge < -0.3 is 18.6 Å². The predicted octanol–water partition coefficient (Wildman–Crippen LogP) is 8.21. The van der Waals surface area contributed by atoms with Gasteiger partial charge in [-0.3, -0.25) is 0 Å². The quantitative estimate of drug-likeness (QED) is 0.112. The van der Waals surface area contributed by atoms with Crippen molar-refractivity contribution in [2.24, 2.45) is 0 Å². The maximum atomic E-state index is 7.13. The van der Waals surface area contributed by atoms with E-state index >= 15 is 0 Å². The SMILES string of the molecule is C=C=CO[C@@H]1CC[C@H](O[Si](C)(C)C(C)(C)C)[C@@H](COC(c2ccccc2)(c2ccccc2)c2ccccc2)O1. The summed E-state index contributed by atoms with van der Waals surface area (Å²) in [6, 6.07) is 31.3. The van der Waals surface area contributed by atoms with Crippen LogP contribution in [0.1, 0.15) is 50.3 Å². The highest BCUT2D eigenvalue weighted by molar-refractivity contribution is 6.74. The molecule has 0 radical (unpaired) electrons. The molecular formula is C34H42O4Si. The molecule has 0 spiro atoms. The molecule has 4 nitrogen and oxygen atoms in total. The molecule has 0 amide bonds. The summed E-state index contributed by atoms with van der Waals surface area (Å²) in [5.74, 6) is 0. The van der Waals surface area contributed by atoms with Crippen molar-refractivity contribution in [1.82, 2.24) is 0 Å². The van der Waals surface area contributed by atoms with E-state index in [4.69, 9.17) is 18.6 Å². The molecule has 3 aromatic carbocycles. The van der Waals surface area contributed by atoms with Gasteiger partial charge in [-0.15, -0.1) is 0 Å². The maximum Gasteiger partial charge on any atom is 0.200 e. The third kappa shape index (κ3) is 6.63. The van der Waals surface area contributed by atoms with Crippen molar-refractivity contribution in [3.8, 4) is 0 Å². The van der Waals surface area contributed by atoms with E-state index in [1.807, 2.05) is 18.2 Å². The van der Waals surface area contributed by atoms with Crippen LogP contribution < -0.4 is 0 Å². The molecule has 3 aromatic rings. The lowest BCUT2D eigenvalue weighted by atomic mass is 9.80. The molecule has 1 heterocycles. The third-order valence-electron chi connectivity index (χ3n) is 7.99. The molecule has 0 saturated carbocycles. The molecule has 1 fully saturated rings. The fourth-order valence-electron chi connectivity index (χ4n) is 4.87. The molecule has 5 heteroatoms. The smallest absolute Gasteiger partial charge is 0.200 e. The first-order valence-electron chi connectivity index (χ1n) is 13.8. The van der Waals surface area contributed by atoms with Gasteiger partial charge in [-0.2, -0.15) is 0 Å². The van der Waals surface area contributed by atoms with Crippen molar-refractivity contribution < 1.29 is 18.6 Å². The van der Waals surface area contributed by atoms with E-state index in [2.05, 4.69) is 119 Å². The third-order valence-corrected chi connectivity index (χ3v) is 12.5. The van der Waals surface area contributed by atoms with Crippen LogP contribution in [-0.4, -0.2) is 33.4 Å². The van der Waals surface area contributed by atoms with Gasteiger partial charge in [0.05, 0.1) is 12.7 Å². The van der Waals surface area contributed by atoms with E-state index in [-0.39, 0.29) is 17.2 Å². The van der Waals surface area contributed by atoms with Crippen LogP contribution in [0, 0.1) is 0 Å². The van der Waals surface area contributed by atoms with Crippen LogP contribution in [-0.2, 0) is 24.2 Å². The summed E-state index contributed by atoms with van der Waals surface area (Å²) in [4.78, 5) is 0. The van der Waals surface area contributed by atoms with Gasteiger partial charge >= 0.3 is 0 Å². The molecule has 0 bridgehead atoms. The van der Waals surface area contributed by atoms with Gasteiger partial charge in [0.1, 0.15) is 18.0 Å². The summed E-state index contributed by atoms with van der Waals surface area (Å²) >= 11 is 0. The Bertz CT molecular complexity index is 1120. The van der Waals surface area contributed by atoms with Crippen molar-refractivity contribution >= 4 is 8.32 Å². The summed E-state index contributed by atoms with van der Waals surface area (Å²) in [5.41, 5.74) is 5.03. The summed E-state index contributed by atoms with van der Waals surface area (Å²) in [7, 11) is -2.05. The Morgan fingerprint density at radius 1 is 0.846 bits per heavy atom.